The number of Topliss-reactive ketones (excluding diaryl/α,β-unsaturated/α-hetero) is 1. The molecule has 0 spiro atoms. The number of benzene rings is 1. The zero-order chi connectivity index (χ0) is 25.6. The minimum Gasteiger partial charge on any atom is -0.379 e. The molecule has 2 aliphatic rings. The van der Waals surface area contributed by atoms with Gasteiger partial charge in [-0.2, -0.15) is 5.10 Å². The van der Waals surface area contributed by atoms with Gasteiger partial charge in [0.25, 0.3) is 11.8 Å². The van der Waals surface area contributed by atoms with E-state index in [9.17, 15) is 14.4 Å². The second-order valence-electron chi connectivity index (χ2n) is 9.34. The van der Waals surface area contributed by atoms with Gasteiger partial charge in [0.1, 0.15) is 6.04 Å². The molecule has 5 rings (SSSR count). The molecule has 1 aromatic carbocycles. The molecule has 2 amide bonds. The molecule has 1 aliphatic carbocycles. The van der Waals surface area contributed by atoms with Crippen molar-refractivity contribution in [3.05, 3.63) is 77.7 Å². The Morgan fingerprint density at radius 2 is 1.81 bits per heavy atom. The average Bonchev–Trinajstić information content (AvgIpc) is 3.63. The van der Waals surface area contributed by atoms with Gasteiger partial charge in [0.2, 0.25) is 5.78 Å². The summed E-state index contributed by atoms with van der Waals surface area (Å²) < 4.78 is 6.97. The summed E-state index contributed by atoms with van der Waals surface area (Å²) in [5.41, 5.74) is 1.95. The lowest BCUT2D eigenvalue weighted by molar-refractivity contribution is -0.139. The molecule has 2 fully saturated rings. The molecule has 2 aromatic heterocycles. The molecule has 1 saturated carbocycles. The second kappa shape index (κ2) is 11.4. The molecule has 3 heterocycles. The van der Waals surface area contributed by atoms with E-state index in [1.165, 1.54) is 0 Å². The number of morpholine rings is 1. The molecule has 1 unspecified atom stereocenters. The van der Waals surface area contributed by atoms with E-state index in [4.69, 9.17) is 4.74 Å². The third-order valence-electron chi connectivity index (χ3n) is 6.42. The Morgan fingerprint density at radius 3 is 2.57 bits per heavy atom. The molecule has 37 heavy (non-hydrogen) atoms. The van der Waals surface area contributed by atoms with Gasteiger partial charge in [0, 0.05) is 44.5 Å². The molecule has 192 valence electrons. The summed E-state index contributed by atoms with van der Waals surface area (Å²) in [7, 11) is 0. The van der Waals surface area contributed by atoms with Crippen LogP contribution in [0, 0.1) is 0 Å². The molecule has 10 nitrogen and oxygen atoms in total. The molecular formula is C27H30N6O4. The zero-order valence-electron chi connectivity index (χ0n) is 20.5. The maximum Gasteiger partial charge on any atom is 0.289 e. The minimum atomic E-state index is -1.02. The van der Waals surface area contributed by atoms with E-state index in [-0.39, 0.29) is 18.0 Å². The zero-order valence-corrected chi connectivity index (χ0v) is 20.5. The van der Waals surface area contributed by atoms with Crippen LogP contribution in [0.4, 0.5) is 0 Å². The normalized spacial score (nSPS) is 16.6. The monoisotopic (exact) mass is 502 g/mol. The number of rotatable bonds is 10. The van der Waals surface area contributed by atoms with Crippen molar-refractivity contribution in [3.63, 3.8) is 0 Å². The van der Waals surface area contributed by atoms with Crippen molar-refractivity contribution in [3.8, 4) is 5.82 Å². The van der Waals surface area contributed by atoms with Crippen LogP contribution in [-0.2, 0) is 27.3 Å². The van der Waals surface area contributed by atoms with Crippen molar-refractivity contribution >= 4 is 17.6 Å². The molecule has 1 atom stereocenters. The number of ketones is 1. The van der Waals surface area contributed by atoms with Gasteiger partial charge in [-0.25, -0.2) is 9.67 Å². The highest BCUT2D eigenvalue weighted by atomic mass is 16.5. The molecule has 1 aliphatic heterocycles. The SMILES string of the molecule is O=C(NC1CC1)C(=O)C(Cc1ccccc1)NC(=O)c1cccnc1-n1ccc(CN2CCOCC2)n1. The van der Waals surface area contributed by atoms with Gasteiger partial charge < -0.3 is 15.4 Å². The summed E-state index contributed by atoms with van der Waals surface area (Å²) in [6.07, 6.45) is 5.29. The van der Waals surface area contributed by atoms with E-state index >= 15 is 0 Å². The predicted octanol–water partition coefficient (Wildman–Crippen LogP) is 1.29. The van der Waals surface area contributed by atoms with Crippen molar-refractivity contribution in [1.29, 1.82) is 0 Å². The average molecular weight is 503 g/mol. The first kappa shape index (κ1) is 24.8. The number of ether oxygens (including phenoxy) is 1. The van der Waals surface area contributed by atoms with Crippen LogP contribution in [0.2, 0.25) is 0 Å². The van der Waals surface area contributed by atoms with Crippen LogP contribution in [0.1, 0.15) is 34.5 Å². The highest BCUT2D eigenvalue weighted by Crippen LogP contribution is 2.19. The summed E-state index contributed by atoms with van der Waals surface area (Å²) >= 11 is 0. The number of hydrogen-bond donors (Lipinski definition) is 2. The van der Waals surface area contributed by atoms with Gasteiger partial charge in [-0.1, -0.05) is 30.3 Å². The smallest absolute Gasteiger partial charge is 0.289 e. The first-order valence-corrected chi connectivity index (χ1v) is 12.6. The van der Waals surface area contributed by atoms with Crippen LogP contribution < -0.4 is 10.6 Å². The van der Waals surface area contributed by atoms with Crippen molar-refractivity contribution in [1.82, 2.24) is 30.3 Å². The number of nitrogens with zero attached hydrogens (tertiary/aromatic N) is 4. The maximum atomic E-state index is 13.4. The van der Waals surface area contributed by atoms with Gasteiger partial charge in [-0.05, 0) is 36.6 Å². The Kier molecular flexibility index (Phi) is 7.67. The Hall–Kier alpha value is -3.89. The highest BCUT2D eigenvalue weighted by molar-refractivity contribution is 6.38. The highest BCUT2D eigenvalue weighted by Gasteiger charge is 2.32. The number of hydrogen-bond acceptors (Lipinski definition) is 7. The predicted molar refractivity (Wildman–Crippen MR) is 135 cm³/mol. The van der Waals surface area contributed by atoms with Crippen molar-refractivity contribution in [2.24, 2.45) is 0 Å². The van der Waals surface area contributed by atoms with Crippen LogP contribution in [0.25, 0.3) is 5.82 Å². The molecule has 0 radical (unpaired) electrons. The lowest BCUT2D eigenvalue weighted by atomic mass is 10.0. The Bertz CT molecular complexity index is 1250. The third-order valence-corrected chi connectivity index (χ3v) is 6.42. The lowest BCUT2D eigenvalue weighted by Crippen LogP contribution is -2.49. The van der Waals surface area contributed by atoms with Crippen LogP contribution in [0.5, 0.6) is 0 Å². The van der Waals surface area contributed by atoms with Gasteiger partial charge in [-0.3, -0.25) is 19.3 Å². The van der Waals surface area contributed by atoms with Crippen molar-refractivity contribution in [2.75, 3.05) is 26.3 Å². The number of aromatic nitrogens is 3. The number of carbonyl (C=O) groups excluding carboxylic acids is 3. The van der Waals surface area contributed by atoms with Gasteiger partial charge in [-0.15, -0.1) is 0 Å². The first-order valence-electron chi connectivity index (χ1n) is 12.6. The molecule has 0 bridgehead atoms. The summed E-state index contributed by atoms with van der Waals surface area (Å²) in [6, 6.07) is 13.5. The topological polar surface area (TPSA) is 118 Å². The summed E-state index contributed by atoms with van der Waals surface area (Å²) in [5, 5.41) is 10.1. The van der Waals surface area contributed by atoms with Crippen LogP contribution in [0.15, 0.2) is 60.9 Å². The summed E-state index contributed by atoms with van der Waals surface area (Å²) in [5.74, 6) is -1.49. The number of carbonyl (C=O) groups is 3. The van der Waals surface area contributed by atoms with E-state index in [0.717, 1.165) is 37.2 Å². The maximum absolute atomic E-state index is 13.4. The van der Waals surface area contributed by atoms with Gasteiger partial charge in [0.05, 0.1) is 24.5 Å². The van der Waals surface area contributed by atoms with E-state index in [1.807, 2.05) is 36.4 Å². The van der Waals surface area contributed by atoms with E-state index in [1.54, 1.807) is 29.2 Å². The molecule has 1 saturated heterocycles. The quantitative estimate of drug-likeness (QED) is 0.401. The number of pyridine rings is 1. The molecule has 2 N–H and O–H groups in total. The largest absolute Gasteiger partial charge is 0.379 e. The van der Waals surface area contributed by atoms with E-state index < -0.39 is 23.6 Å². The van der Waals surface area contributed by atoms with Gasteiger partial charge >= 0.3 is 0 Å². The standard InChI is InChI=1S/C27H30N6O4/c34-24(27(36)29-20-8-9-20)23(17-19-5-2-1-3-6-19)30-26(35)22-7-4-11-28-25(22)33-12-10-21(31-33)18-32-13-15-37-16-14-32/h1-7,10-12,20,23H,8-9,13-18H2,(H,29,36)(H,30,35). The molecule has 10 heteroatoms. The summed E-state index contributed by atoms with van der Waals surface area (Å²) in [6.45, 7) is 3.76. The van der Waals surface area contributed by atoms with Crippen molar-refractivity contribution < 1.29 is 19.1 Å². The van der Waals surface area contributed by atoms with Crippen LogP contribution in [0.3, 0.4) is 0 Å². The molecular weight excluding hydrogens is 472 g/mol. The van der Waals surface area contributed by atoms with Crippen molar-refractivity contribution in [2.45, 2.75) is 37.9 Å². The Morgan fingerprint density at radius 1 is 1.03 bits per heavy atom. The van der Waals surface area contributed by atoms with Gasteiger partial charge in [0.15, 0.2) is 5.82 Å². The number of amides is 2. The first-order chi connectivity index (χ1) is 18.1. The lowest BCUT2D eigenvalue weighted by Gasteiger charge is -2.25. The third kappa shape index (κ3) is 6.46. The molecule has 3 aromatic rings. The van der Waals surface area contributed by atoms with E-state index in [2.05, 4.69) is 25.6 Å². The minimum absolute atomic E-state index is 0.0425. The second-order valence-corrected chi connectivity index (χ2v) is 9.34. The van der Waals surface area contributed by atoms with Crippen LogP contribution in [-0.4, -0.2) is 75.6 Å². The fourth-order valence-corrected chi connectivity index (χ4v) is 4.25. The Balaban J connectivity index is 1.34. The summed E-state index contributed by atoms with van der Waals surface area (Å²) in [4.78, 5) is 45.7. The van der Waals surface area contributed by atoms with E-state index in [0.29, 0.717) is 25.6 Å². The fraction of sp³-hybridized carbons (Fsp3) is 0.370. The van der Waals surface area contributed by atoms with Crippen LogP contribution >= 0.6 is 0 Å². The Labute approximate surface area is 215 Å². The fourth-order valence-electron chi connectivity index (χ4n) is 4.25. The number of nitrogens with one attached hydrogen (secondary N) is 2.